The summed E-state index contributed by atoms with van der Waals surface area (Å²) in [5.74, 6) is -1.37. The van der Waals surface area contributed by atoms with Crippen molar-refractivity contribution in [2.45, 2.75) is 0 Å². The summed E-state index contributed by atoms with van der Waals surface area (Å²) >= 11 is 0. The molecule has 0 spiro atoms. The Hall–Kier alpha value is -4.20. The zero-order valence-corrected chi connectivity index (χ0v) is 16.3. The van der Waals surface area contributed by atoms with Gasteiger partial charge in [-0.25, -0.2) is 19.3 Å². The fraction of sp³-hybridized carbons (Fsp3) is 0.0909. The Balaban J connectivity index is 1.98. The fourth-order valence-corrected chi connectivity index (χ4v) is 3.20. The summed E-state index contributed by atoms with van der Waals surface area (Å²) in [6, 6.07) is 16.5. The van der Waals surface area contributed by atoms with Crippen LogP contribution in [0.2, 0.25) is 0 Å². The van der Waals surface area contributed by atoms with Gasteiger partial charge in [-0.1, -0.05) is 36.4 Å². The van der Waals surface area contributed by atoms with E-state index in [4.69, 9.17) is 9.47 Å². The van der Waals surface area contributed by atoms with E-state index in [0.29, 0.717) is 16.9 Å². The molecule has 8 nitrogen and oxygen atoms in total. The summed E-state index contributed by atoms with van der Waals surface area (Å²) in [4.78, 5) is 32.4. The van der Waals surface area contributed by atoms with Gasteiger partial charge in [0.05, 0.1) is 38.1 Å². The van der Waals surface area contributed by atoms with Crippen molar-refractivity contribution in [3.63, 3.8) is 0 Å². The number of ether oxygens (including phenoxy) is 2. The third-order valence-electron chi connectivity index (χ3n) is 4.60. The predicted octanol–water partition coefficient (Wildman–Crippen LogP) is 3.50. The van der Waals surface area contributed by atoms with Gasteiger partial charge in [-0.2, -0.15) is 5.10 Å². The molecule has 0 aliphatic rings. The normalized spacial score (nSPS) is 10.6. The van der Waals surface area contributed by atoms with Gasteiger partial charge in [-0.15, -0.1) is 0 Å². The molecule has 4 aromatic rings. The monoisotopic (exact) mass is 402 g/mol. The topological polar surface area (TPSA) is 99.1 Å². The first-order valence-electron chi connectivity index (χ1n) is 9.08. The Morgan fingerprint density at radius 1 is 0.933 bits per heavy atom. The van der Waals surface area contributed by atoms with E-state index in [-0.39, 0.29) is 11.3 Å². The number of carbonyl (C=O) groups is 2. The minimum absolute atomic E-state index is 0.00232. The van der Waals surface area contributed by atoms with E-state index < -0.39 is 11.9 Å². The van der Waals surface area contributed by atoms with Crippen LogP contribution in [0.25, 0.3) is 28.2 Å². The van der Waals surface area contributed by atoms with Crippen molar-refractivity contribution in [3.05, 3.63) is 78.4 Å². The van der Waals surface area contributed by atoms with Crippen molar-refractivity contribution in [1.29, 1.82) is 0 Å². The highest BCUT2D eigenvalue weighted by molar-refractivity contribution is 6.07. The molecule has 0 unspecified atom stereocenters. The quantitative estimate of drug-likeness (QED) is 0.513. The molecule has 0 saturated carbocycles. The molecule has 0 radical (unpaired) electrons. The molecule has 1 N–H and O–H groups in total. The van der Waals surface area contributed by atoms with E-state index in [0.717, 1.165) is 11.3 Å². The van der Waals surface area contributed by atoms with Crippen LogP contribution >= 0.6 is 0 Å². The second-order valence-corrected chi connectivity index (χ2v) is 6.35. The molecule has 0 atom stereocenters. The summed E-state index contributed by atoms with van der Waals surface area (Å²) in [6.07, 6.45) is 3.28. The number of benzene rings is 2. The maximum absolute atomic E-state index is 12.7. The zero-order valence-electron chi connectivity index (χ0n) is 16.3. The van der Waals surface area contributed by atoms with Gasteiger partial charge in [0.15, 0.2) is 5.69 Å². The second-order valence-electron chi connectivity index (χ2n) is 6.35. The molecule has 0 bridgehead atoms. The largest absolute Gasteiger partial charge is 0.465 e. The van der Waals surface area contributed by atoms with Crippen molar-refractivity contribution in [2.75, 3.05) is 14.2 Å². The molecule has 0 saturated heterocycles. The van der Waals surface area contributed by atoms with Gasteiger partial charge in [0.1, 0.15) is 11.3 Å². The third kappa shape index (κ3) is 3.35. The number of rotatable bonds is 5. The zero-order chi connectivity index (χ0) is 21.1. The Morgan fingerprint density at radius 3 is 2.33 bits per heavy atom. The first-order chi connectivity index (χ1) is 14.6. The van der Waals surface area contributed by atoms with Gasteiger partial charge in [-0.3, -0.25) is 0 Å². The maximum atomic E-state index is 12.7. The summed E-state index contributed by atoms with van der Waals surface area (Å²) in [7, 11) is 2.51. The van der Waals surface area contributed by atoms with Crippen LogP contribution in [0, 0.1) is 0 Å². The molecule has 30 heavy (non-hydrogen) atoms. The lowest BCUT2D eigenvalue weighted by atomic mass is 10.0. The minimum Gasteiger partial charge on any atom is -0.465 e. The van der Waals surface area contributed by atoms with Crippen LogP contribution < -0.4 is 0 Å². The van der Waals surface area contributed by atoms with E-state index >= 15 is 0 Å². The molecule has 2 aromatic carbocycles. The Labute approximate surface area is 172 Å². The fourth-order valence-electron chi connectivity index (χ4n) is 3.20. The van der Waals surface area contributed by atoms with Crippen molar-refractivity contribution < 1.29 is 19.1 Å². The molecule has 4 rings (SSSR count). The Morgan fingerprint density at radius 2 is 1.67 bits per heavy atom. The van der Waals surface area contributed by atoms with Crippen LogP contribution in [-0.4, -0.2) is 45.9 Å². The molecule has 0 amide bonds. The van der Waals surface area contributed by atoms with Crippen molar-refractivity contribution in [3.8, 4) is 28.2 Å². The number of carbonyl (C=O) groups excluding carboxylic acids is 2. The van der Waals surface area contributed by atoms with E-state index in [2.05, 4.69) is 15.1 Å². The number of para-hydroxylation sites is 1. The van der Waals surface area contributed by atoms with E-state index in [9.17, 15) is 9.59 Å². The van der Waals surface area contributed by atoms with Gasteiger partial charge < -0.3 is 14.5 Å². The van der Waals surface area contributed by atoms with Gasteiger partial charge in [0, 0.05) is 11.1 Å². The molecule has 2 heterocycles. The first kappa shape index (κ1) is 19.1. The number of nitrogens with zero attached hydrogens (tertiary/aromatic N) is 3. The smallest absolute Gasteiger partial charge is 0.357 e. The van der Waals surface area contributed by atoms with Crippen LogP contribution in [0.1, 0.15) is 20.8 Å². The summed E-state index contributed by atoms with van der Waals surface area (Å²) in [5.41, 5.74) is 3.27. The lowest BCUT2D eigenvalue weighted by Gasteiger charge is -2.07. The number of nitrogens with one attached hydrogen (secondary N) is 1. The maximum Gasteiger partial charge on any atom is 0.357 e. The van der Waals surface area contributed by atoms with Crippen LogP contribution in [0.3, 0.4) is 0 Å². The van der Waals surface area contributed by atoms with Gasteiger partial charge >= 0.3 is 11.9 Å². The second kappa shape index (κ2) is 8.04. The lowest BCUT2D eigenvalue weighted by Crippen LogP contribution is -2.15. The SMILES string of the molecule is COC(=O)c1c(-c2cccc(-c3cnc[nH]3)c2)nn(-c2ccccc2)c1C(=O)OC. The molecule has 0 aliphatic heterocycles. The van der Waals surface area contributed by atoms with E-state index in [1.54, 1.807) is 24.7 Å². The Bertz CT molecular complexity index is 1200. The van der Waals surface area contributed by atoms with E-state index in [1.807, 2.05) is 42.5 Å². The average molecular weight is 402 g/mol. The summed E-state index contributed by atoms with van der Waals surface area (Å²) < 4.78 is 11.3. The number of esters is 2. The summed E-state index contributed by atoms with van der Waals surface area (Å²) in [6.45, 7) is 0. The predicted molar refractivity (Wildman–Crippen MR) is 109 cm³/mol. The molecule has 0 fully saturated rings. The minimum atomic E-state index is -0.692. The highest BCUT2D eigenvalue weighted by atomic mass is 16.5. The number of aromatic nitrogens is 4. The van der Waals surface area contributed by atoms with Gasteiger partial charge in [0.2, 0.25) is 0 Å². The molecule has 0 aliphatic carbocycles. The lowest BCUT2D eigenvalue weighted by molar-refractivity contribution is 0.0549. The summed E-state index contributed by atoms with van der Waals surface area (Å²) in [5, 5.41) is 4.60. The standard InChI is InChI=1S/C22H18N4O4/c1-29-21(27)18-19(15-8-6-7-14(11-15)17-12-23-13-24-17)25-26(20(18)22(28)30-2)16-9-4-3-5-10-16/h3-13H,1-2H3,(H,23,24). The highest BCUT2D eigenvalue weighted by Crippen LogP contribution is 2.31. The number of H-pyrrole nitrogens is 1. The number of aromatic amines is 1. The van der Waals surface area contributed by atoms with Gasteiger partial charge in [0.25, 0.3) is 0 Å². The van der Waals surface area contributed by atoms with Crippen LogP contribution in [-0.2, 0) is 9.47 Å². The van der Waals surface area contributed by atoms with Crippen LogP contribution in [0.15, 0.2) is 67.1 Å². The first-order valence-corrected chi connectivity index (χ1v) is 9.08. The number of methoxy groups -OCH3 is 2. The van der Waals surface area contributed by atoms with E-state index in [1.165, 1.54) is 18.9 Å². The highest BCUT2D eigenvalue weighted by Gasteiger charge is 2.31. The third-order valence-corrected chi connectivity index (χ3v) is 4.60. The van der Waals surface area contributed by atoms with Crippen molar-refractivity contribution >= 4 is 11.9 Å². The molecule has 2 aromatic heterocycles. The van der Waals surface area contributed by atoms with Crippen LogP contribution in [0.5, 0.6) is 0 Å². The Kier molecular flexibility index (Phi) is 5.13. The van der Waals surface area contributed by atoms with Crippen LogP contribution in [0.4, 0.5) is 0 Å². The van der Waals surface area contributed by atoms with Gasteiger partial charge in [-0.05, 0) is 18.2 Å². The molecular weight excluding hydrogens is 384 g/mol. The number of hydrogen-bond acceptors (Lipinski definition) is 6. The molecular formula is C22H18N4O4. The average Bonchev–Trinajstić information content (AvgIpc) is 3.47. The molecule has 150 valence electrons. The van der Waals surface area contributed by atoms with Crippen molar-refractivity contribution in [1.82, 2.24) is 19.7 Å². The number of imidazole rings is 1. The molecule has 8 heteroatoms. The number of hydrogen-bond donors (Lipinski definition) is 1. The van der Waals surface area contributed by atoms with Crippen molar-refractivity contribution in [2.24, 2.45) is 0 Å².